The zero-order valence-corrected chi connectivity index (χ0v) is 10.1. The van der Waals surface area contributed by atoms with Crippen molar-refractivity contribution in [3.63, 3.8) is 0 Å². The number of amides is 1. The van der Waals surface area contributed by atoms with E-state index in [2.05, 4.69) is 31.6 Å². The molecule has 6 heteroatoms. The summed E-state index contributed by atoms with van der Waals surface area (Å²) in [5.41, 5.74) is 0.997. The molecule has 1 aromatic heterocycles. The molecule has 16 heavy (non-hydrogen) atoms. The number of nitrogens with one attached hydrogen (secondary N) is 1. The van der Waals surface area contributed by atoms with E-state index in [9.17, 15) is 4.79 Å². The maximum absolute atomic E-state index is 11.7. The van der Waals surface area contributed by atoms with Crippen LogP contribution in [0.2, 0.25) is 0 Å². The highest BCUT2D eigenvalue weighted by Crippen LogP contribution is 2.21. The average molecular weight is 281 g/mol. The second kappa shape index (κ2) is 4.44. The number of rotatable bonds is 2. The van der Waals surface area contributed by atoms with Crippen molar-refractivity contribution in [2.24, 2.45) is 7.05 Å². The second-order valence-electron chi connectivity index (χ2n) is 3.21. The quantitative estimate of drug-likeness (QED) is 0.913. The summed E-state index contributed by atoms with van der Waals surface area (Å²) in [6.07, 6.45) is 1.56. The Kier molecular flexibility index (Phi) is 3.00. The van der Waals surface area contributed by atoms with Crippen LogP contribution in [0.3, 0.4) is 0 Å². The molecule has 2 aromatic rings. The first-order chi connectivity index (χ1) is 7.66. The topological polar surface area (TPSA) is 59.8 Å². The first kappa shape index (κ1) is 10.8. The van der Waals surface area contributed by atoms with Crippen molar-refractivity contribution >= 4 is 27.5 Å². The predicted octanol–water partition coefficient (Wildman–Crippen LogP) is 1.83. The number of aryl methyl sites for hydroxylation is 1. The third kappa shape index (κ3) is 2.27. The summed E-state index contributed by atoms with van der Waals surface area (Å²) in [4.78, 5) is 11.7. The maximum atomic E-state index is 11.7. The van der Waals surface area contributed by atoms with Gasteiger partial charge in [-0.15, -0.1) is 5.10 Å². The second-order valence-corrected chi connectivity index (χ2v) is 4.07. The fourth-order valence-corrected chi connectivity index (χ4v) is 1.58. The summed E-state index contributed by atoms with van der Waals surface area (Å²) < 4.78 is 2.31. The van der Waals surface area contributed by atoms with Gasteiger partial charge in [-0.05, 0) is 28.1 Å². The number of halogens is 1. The number of hydrogen-bond donors (Lipinski definition) is 1. The maximum Gasteiger partial charge on any atom is 0.277 e. The summed E-state index contributed by atoms with van der Waals surface area (Å²) in [5.74, 6) is -0.278. The van der Waals surface area contributed by atoms with Crippen LogP contribution in [-0.4, -0.2) is 20.9 Å². The van der Waals surface area contributed by atoms with Crippen molar-refractivity contribution in [1.82, 2.24) is 15.0 Å². The first-order valence-electron chi connectivity index (χ1n) is 4.59. The Morgan fingerprint density at radius 3 is 2.81 bits per heavy atom. The molecule has 5 nitrogen and oxygen atoms in total. The van der Waals surface area contributed by atoms with Crippen molar-refractivity contribution < 1.29 is 4.79 Å². The van der Waals surface area contributed by atoms with Crippen molar-refractivity contribution in [2.45, 2.75) is 0 Å². The van der Waals surface area contributed by atoms with E-state index in [0.29, 0.717) is 11.4 Å². The van der Waals surface area contributed by atoms with Crippen LogP contribution in [0.4, 0.5) is 5.69 Å². The van der Waals surface area contributed by atoms with Gasteiger partial charge in [0.2, 0.25) is 0 Å². The molecule has 0 aliphatic rings. The Labute approximate surface area is 101 Å². The molecule has 1 heterocycles. The van der Waals surface area contributed by atoms with Gasteiger partial charge in [0.05, 0.1) is 11.9 Å². The number of nitrogens with zero attached hydrogens (tertiary/aromatic N) is 3. The van der Waals surface area contributed by atoms with Crippen LogP contribution in [0.5, 0.6) is 0 Å². The zero-order valence-electron chi connectivity index (χ0n) is 8.51. The standard InChI is InChI=1S/C10H9BrN4O/c1-15-6-9(13-14-15)10(16)12-8-5-3-2-4-7(8)11/h2-6H,1H3,(H,12,16). The molecule has 2 rings (SSSR count). The van der Waals surface area contributed by atoms with Crippen LogP contribution in [0.1, 0.15) is 10.5 Å². The zero-order chi connectivity index (χ0) is 11.5. The van der Waals surface area contributed by atoms with Gasteiger partial charge >= 0.3 is 0 Å². The highest BCUT2D eigenvalue weighted by molar-refractivity contribution is 9.10. The van der Waals surface area contributed by atoms with Gasteiger partial charge in [0, 0.05) is 11.5 Å². The van der Waals surface area contributed by atoms with Crippen LogP contribution in [0.15, 0.2) is 34.9 Å². The molecule has 0 atom stereocenters. The van der Waals surface area contributed by atoms with Gasteiger partial charge in [-0.1, -0.05) is 17.3 Å². The Morgan fingerprint density at radius 2 is 2.19 bits per heavy atom. The minimum absolute atomic E-state index is 0.278. The minimum atomic E-state index is -0.278. The van der Waals surface area contributed by atoms with E-state index in [4.69, 9.17) is 0 Å². The van der Waals surface area contributed by atoms with E-state index in [1.807, 2.05) is 18.2 Å². The fraction of sp³-hybridized carbons (Fsp3) is 0.100. The summed E-state index contributed by atoms with van der Waals surface area (Å²) in [6.45, 7) is 0. The molecular weight excluding hydrogens is 272 g/mol. The third-order valence-corrected chi connectivity index (χ3v) is 2.65. The smallest absolute Gasteiger partial charge is 0.277 e. The number of aromatic nitrogens is 3. The number of hydrogen-bond acceptors (Lipinski definition) is 3. The Bertz CT molecular complexity index is 523. The van der Waals surface area contributed by atoms with E-state index >= 15 is 0 Å². The van der Waals surface area contributed by atoms with Gasteiger partial charge in [-0.2, -0.15) is 0 Å². The molecule has 0 fully saturated rings. The van der Waals surface area contributed by atoms with Crippen LogP contribution >= 0.6 is 15.9 Å². The Balaban J connectivity index is 2.17. The largest absolute Gasteiger partial charge is 0.319 e. The molecule has 0 bridgehead atoms. The number of benzene rings is 1. The van der Waals surface area contributed by atoms with E-state index in [-0.39, 0.29) is 5.91 Å². The lowest BCUT2D eigenvalue weighted by atomic mass is 10.3. The molecule has 0 spiro atoms. The van der Waals surface area contributed by atoms with Crippen LogP contribution < -0.4 is 5.32 Å². The van der Waals surface area contributed by atoms with Crippen molar-refractivity contribution in [1.29, 1.82) is 0 Å². The molecular formula is C10H9BrN4O. The average Bonchev–Trinajstić information content (AvgIpc) is 2.68. The monoisotopic (exact) mass is 280 g/mol. The molecule has 0 saturated heterocycles. The summed E-state index contributed by atoms with van der Waals surface area (Å²) >= 11 is 3.35. The molecule has 1 amide bonds. The van der Waals surface area contributed by atoms with Gasteiger partial charge in [0.25, 0.3) is 5.91 Å². The van der Waals surface area contributed by atoms with Gasteiger partial charge in [0.1, 0.15) is 0 Å². The Morgan fingerprint density at radius 1 is 1.44 bits per heavy atom. The number of carbonyl (C=O) groups excluding carboxylic acids is 1. The SMILES string of the molecule is Cn1cc(C(=O)Nc2ccccc2Br)nn1. The fourth-order valence-electron chi connectivity index (χ4n) is 1.20. The van der Waals surface area contributed by atoms with E-state index in [1.54, 1.807) is 19.3 Å². The Hall–Kier alpha value is -1.69. The first-order valence-corrected chi connectivity index (χ1v) is 5.38. The molecule has 0 aliphatic heterocycles. The normalized spacial score (nSPS) is 10.1. The van der Waals surface area contributed by atoms with E-state index < -0.39 is 0 Å². The van der Waals surface area contributed by atoms with Crippen LogP contribution in [-0.2, 0) is 7.05 Å². The van der Waals surface area contributed by atoms with E-state index in [0.717, 1.165) is 4.47 Å². The highest BCUT2D eigenvalue weighted by atomic mass is 79.9. The molecule has 82 valence electrons. The third-order valence-electron chi connectivity index (χ3n) is 1.96. The lowest BCUT2D eigenvalue weighted by Crippen LogP contribution is -2.12. The predicted molar refractivity (Wildman–Crippen MR) is 63.1 cm³/mol. The summed E-state index contributed by atoms with van der Waals surface area (Å²) in [5, 5.41) is 10.2. The number of carbonyl (C=O) groups is 1. The van der Waals surface area contributed by atoms with Gasteiger partial charge in [0.15, 0.2) is 5.69 Å². The summed E-state index contributed by atoms with van der Waals surface area (Å²) in [6, 6.07) is 7.38. The highest BCUT2D eigenvalue weighted by Gasteiger charge is 2.10. The molecule has 0 saturated carbocycles. The van der Waals surface area contributed by atoms with Gasteiger partial charge in [-0.3, -0.25) is 9.48 Å². The summed E-state index contributed by atoms with van der Waals surface area (Å²) in [7, 11) is 1.71. The molecule has 1 N–H and O–H groups in total. The van der Waals surface area contributed by atoms with Gasteiger partial charge in [-0.25, -0.2) is 0 Å². The van der Waals surface area contributed by atoms with Crippen LogP contribution in [0, 0.1) is 0 Å². The van der Waals surface area contributed by atoms with E-state index in [1.165, 1.54) is 4.68 Å². The lowest BCUT2D eigenvalue weighted by Gasteiger charge is -2.04. The van der Waals surface area contributed by atoms with Crippen molar-refractivity contribution in [3.05, 3.63) is 40.6 Å². The van der Waals surface area contributed by atoms with Crippen molar-refractivity contribution in [3.8, 4) is 0 Å². The van der Waals surface area contributed by atoms with Crippen LogP contribution in [0.25, 0.3) is 0 Å². The lowest BCUT2D eigenvalue weighted by molar-refractivity contribution is 0.102. The molecule has 0 radical (unpaired) electrons. The molecule has 0 unspecified atom stereocenters. The minimum Gasteiger partial charge on any atom is -0.319 e. The van der Waals surface area contributed by atoms with Crippen molar-refractivity contribution in [2.75, 3.05) is 5.32 Å². The number of para-hydroxylation sites is 1. The molecule has 1 aromatic carbocycles. The van der Waals surface area contributed by atoms with Gasteiger partial charge < -0.3 is 5.32 Å². The number of anilines is 1. The molecule has 0 aliphatic carbocycles.